The van der Waals surface area contributed by atoms with Crippen molar-refractivity contribution in [3.05, 3.63) is 29.8 Å². The Balaban J connectivity index is 1.73. The molecule has 0 radical (unpaired) electrons. The lowest BCUT2D eigenvalue weighted by atomic mass is 10.2. The minimum absolute atomic E-state index is 0.396. The quantitative estimate of drug-likeness (QED) is 0.729. The van der Waals surface area contributed by atoms with Crippen LogP contribution in [0, 0.1) is 0 Å². The number of para-hydroxylation sites is 1. The Bertz CT molecular complexity index is 485. The fourth-order valence-electron chi connectivity index (χ4n) is 2.87. The Morgan fingerprint density at radius 2 is 1.88 bits per heavy atom. The average molecular weight is 334 g/mol. The van der Waals surface area contributed by atoms with Crippen LogP contribution in [0.5, 0.6) is 0 Å². The number of ether oxygens (including phenoxy) is 2. The molecule has 1 fully saturated rings. The summed E-state index contributed by atoms with van der Waals surface area (Å²) in [7, 11) is 0. The average Bonchev–Trinajstić information content (AvgIpc) is 2.85. The van der Waals surface area contributed by atoms with Crippen molar-refractivity contribution >= 4 is 11.8 Å². The van der Waals surface area contributed by atoms with Crippen molar-refractivity contribution in [2.75, 3.05) is 38.2 Å². The van der Waals surface area contributed by atoms with Crippen molar-refractivity contribution in [2.24, 2.45) is 0 Å². The highest BCUT2D eigenvalue weighted by Gasteiger charge is 2.11. The van der Waals surface area contributed by atoms with E-state index in [1.54, 1.807) is 0 Å². The minimum Gasteiger partial charge on any atom is -0.448 e. The lowest BCUT2D eigenvalue weighted by molar-refractivity contribution is 0.121. The van der Waals surface area contributed by atoms with Gasteiger partial charge in [0.15, 0.2) is 0 Å². The van der Waals surface area contributed by atoms with Gasteiger partial charge in [0.25, 0.3) is 0 Å². The molecular weight excluding hydrogens is 304 g/mol. The van der Waals surface area contributed by atoms with Crippen LogP contribution in [0.1, 0.15) is 44.6 Å². The molecule has 0 spiro atoms. The van der Waals surface area contributed by atoms with Crippen LogP contribution in [0.2, 0.25) is 0 Å². The topological polar surface area (TPSA) is 50.8 Å². The van der Waals surface area contributed by atoms with Crippen molar-refractivity contribution in [1.82, 2.24) is 4.90 Å². The first-order valence-electron chi connectivity index (χ1n) is 9.11. The van der Waals surface area contributed by atoms with E-state index in [-0.39, 0.29) is 0 Å². The van der Waals surface area contributed by atoms with Gasteiger partial charge in [-0.2, -0.15) is 0 Å². The summed E-state index contributed by atoms with van der Waals surface area (Å²) in [6.07, 6.45) is 5.71. The van der Waals surface area contributed by atoms with Crippen LogP contribution in [0.15, 0.2) is 24.3 Å². The Morgan fingerprint density at radius 3 is 2.62 bits per heavy atom. The number of carbonyl (C=O) groups is 1. The zero-order chi connectivity index (χ0) is 17.0. The summed E-state index contributed by atoms with van der Waals surface area (Å²) < 4.78 is 10.9. The SMILES string of the molecule is CCCOCc1ccccc1NC(=O)OCCN1CCCCCC1. The van der Waals surface area contributed by atoms with Crippen LogP contribution in [-0.4, -0.2) is 43.8 Å². The van der Waals surface area contributed by atoms with E-state index >= 15 is 0 Å². The number of carbonyl (C=O) groups excluding carboxylic acids is 1. The number of nitrogens with zero attached hydrogens (tertiary/aromatic N) is 1. The van der Waals surface area contributed by atoms with E-state index in [4.69, 9.17) is 9.47 Å². The fraction of sp³-hybridized carbons (Fsp3) is 0.632. The van der Waals surface area contributed by atoms with Crippen LogP contribution in [0.4, 0.5) is 10.5 Å². The zero-order valence-electron chi connectivity index (χ0n) is 14.8. The van der Waals surface area contributed by atoms with Gasteiger partial charge >= 0.3 is 6.09 Å². The Hall–Kier alpha value is -1.59. The summed E-state index contributed by atoms with van der Waals surface area (Å²) in [5.41, 5.74) is 1.73. The van der Waals surface area contributed by atoms with Gasteiger partial charge in [-0.25, -0.2) is 4.79 Å². The van der Waals surface area contributed by atoms with Crippen molar-refractivity contribution in [1.29, 1.82) is 0 Å². The second-order valence-corrected chi connectivity index (χ2v) is 6.23. The molecule has 1 saturated heterocycles. The molecule has 0 aliphatic carbocycles. The van der Waals surface area contributed by atoms with Gasteiger partial charge in [-0.3, -0.25) is 10.2 Å². The van der Waals surface area contributed by atoms with Crippen LogP contribution in [0.3, 0.4) is 0 Å². The molecule has 24 heavy (non-hydrogen) atoms. The summed E-state index contributed by atoms with van der Waals surface area (Å²) in [6, 6.07) is 7.68. The molecular formula is C19H30N2O3. The summed E-state index contributed by atoms with van der Waals surface area (Å²) in [4.78, 5) is 14.4. The van der Waals surface area contributed by atoms with Gasteiger partial charge < -0.3 is 9.47 Å². The zero-order valence-corrected chi connectivity index (χ0v) is 14.8. The highest BCUT2D eigenvalue weighted by atomic mass is 16.5. The van der Waals surface area contributed by atoms with Crippen molar-refractivity contribution in [3.8, 4) is 0 Å². The molecule has 1 aliphatic heterocycles. The molecule has 1 N–H and O–H groups in total. The highest BCUT2D eigenvalue weighted by Crippen LogP contribution is 2.16. The number of nitrogens with one attached hydrogen (secondary N) is 1. The molecule has 1 aromatic carbocycles. The molecule has 0 bridgehead atoms. The Kier molecular flexibility index (Phi) is 8.63. The maximum atomic E-state index is 12.0. The van der Waals surface area contributed by atoms with E-state index in [2.05, 4.69) is 17.1 Å². The molecule has 0 unspecified atom stereocenters. The fourth-order valence-corrected chi connectivity index (χ4v) is 2.87. The van der Waals surface area contributed by atoms with E-state index < -0.39 is 6.09 Å². The van der Waals surface area contributed by atoms with E-state index in [0.29, 0.717) is 19.8 Å². The van der Waals surface area contributed by atoms with Crippen molar-refractivity contribution in [2.45, 2.75) is 45.6 Å². The second-order valence-electron chi connectivity index (χ2n) is 6.23. The third-order valence-electron chi connectivity index (χ3n) is 4.20. The van der Waals surface area contributed by atoms with E-state index in [0.717, 1.165) is 37.3 Å². The lowest BCUT2D eigenvalue weighted by Gasteiger charge is -2.19. The van der Waals surface area contributed by atoms with E-state index in [9.17, 15) is 4.79 Å². The monoisotopic (exact) mass is 334 g/mol. The van der Waals surface area contributed by atoms with E-state index in [1.165, 1.54) is 25.7 Å². The molecule has 5 nitrogen and oxygen atoms in total. The molecule has 0 aromatic heterocycles. The largest absolute Gasteiger partial charge is 0.448 e. The molecule has 0 atom stereocenters. The van der Waals surface area contributed by atoms with Gasteiger partial charge in [0, 0.05) is 24.4 Å². The molecule has 2 rings (SSSR count). The van der Waals surface area contributed by atoms with Gasteiger partial charge in [0.05, 0.1) is 6.61 Å². The molecule has 5 heteroatoms. The van der Waals surface area contributed by atoms with Gasteiger partial charge in [-0.05, 0) is 38.4 Å². The molecule has 1 aliphatic rings. The lowest BCUT2D eigenvalue weighted by Crippen LogP contribution is -2.30. The van der Waals surface area contributed by atoms with Crippen molar-refractivity contribution < 1.29 is 14.3 Å². The number of likely N-dealkylation sites (tertiary alicyclic amines) is 1. The Morgan fingerprint density at radius 1 is 1.12 bits per heavy atom. The number of hydrogen-bond donors (Lipinski definition) is 1. The van der Waals surface area contributed by atoms with Crippen LogP contribution in [0.25, 0.3) is 0 Å². The minimum atomic E-state index is -0.396. The standard InChI is InChI=1S/C19H30N2O3/c1-2-14-23-16-17-9-5-6-10-18(17)20-19(22)24-15-13-21-11-7-3-4-8-12-21/h5-6,9-10H,2-4,7-8,11-16H2,1H3,(H,20,22). The predicted octanol–water partition coefficient (Wildman–Crippen LogP) is 4.04. The molecule has 1 amide bonds. The second kappa shape index (κ2) is 11.0. The van der Waals surface area contributed by atoms with Gasteiger partial charge in [0.1, 0.15) is 6.61 Å². The van der Waals surface area contributed by atoms with Gasteiger partial charge in [-0.15, -0.1) is 0 Å². The normalized spacial score (nSPS) is 15.7. The van der Waals surface area contributed by atoms with E-state index in [1.807, 2.05) is 24.3 Å². The summed E-state index contributed by atoms with van der Waals surface area (Å²) >= 11 is 0. The number of amides is 1. The summed E-state index contributed by atoms with van der Waals surface area (Å²) in [6.45, 7) is 6.76. The van der Waals surface area contributed by atoms with Crippen molar-refractivity contribution in [3.63, 3.8) is 0 Å². The number of rotatable bonds is 8. The van der Waals surface area contributed by atoms with Gasteiger partial charge in [-0.1, -0.05) is 38.0 Å². The van der Waals surface area contributed by atoms with Crippen LogP contribution >= 0.6 is 0 Å². The summed E-state index contributed by atoms with van der Waals surface area (Å²) in [5, 5.41) is 2.83. The number of benzene rings is 1. The first kappa shape index (κ1) is 18.7. The summed E-state index contributed by atoms with van der Waals surface area (Å²) in [5.74, 6) is 0. The molecule has 134 valence electrons. The highest BCUT2D eigenvalue weighted by molar-refractivity contribution is 5.85. The first-order valence-corrected chi connectivity index (χ1v) is 9.11. The van der Waals surface area contributed by atoms with Crippen LogP contribution < -0.4 is 5.32 Å². The van der Waals surface area contributed by atoms with Crippen LogP contribution in [-0.2, 0) is 16.1 Å². The molecule has 1 heterocycles. The maximum absolute atomic E-state index is 12.0. The Labute approximate surface area is 145 Å². The number of hydrogen-bond acceptors (Lipinski definition) is 4. The third kappa shape index (κ3) is 6.89. The predicted molar refractivity (Wildman–Crippen MR) is 96.3 cm³/mol. The molecule has 0 saturated carbocycles. The maximum Gasteiger partial charge on any atom is 0.411 e. The third-order valence-corrected chi connectivity index (χ3v) is 4.20. The number of anilines is 1. The molecule has 1 aromatic rings. The van der Waals surface area contributed by atoms with Gasteiger partial charge in [0.2, 0.25) is 0 Å². The smallest absolute Gasteiger partial charge is 0.411 e. The first-order chi connectivity index (χ1) is 11.8.